The molecule has 1 aromatic carbocycles. The van der Waals surface area contributed by atoms with Gasteiger partial charge in [0.1, 0.15) is 0 Å². The number of benzene rings is 1. The Morgan fingerprint density at radius 2 is 2.07 bits per heavy atom. The normalized spacial score (nSPS) is 9.93. The van der Waals surface area contributed by atoms with Crippen LogP contribution in [0.15, 0.2) is 40.9 Å². The number of nitrogens with one attached hydrogen (secondary N) is 1. The quantitative estimate of drug-likeness (QED) is 0.812. The van der Waals surface area contributed by atoms with Crippen molar-refractivity contribution < 1.29 is 9.32 Å². The van der Waals surface area contributed by atoms with E-state index in [1.165, 1.54) is 0 Å². The van der Waals surface area contributed by atoms with Crippen molar-refractivity contribution in [2.24, 2.45) is 0 Å². The lowest BCUT2D eigenvalue weighted by Gasteiger charge is -2.00. The molecule has 4 nitrogen and oxygen atoms in total. The highest BCUT2D eigenvalue weighted by molar-refractivity contribution is 6.02. The zero-order valence-electron chi connectivity index (χ0n) is 8.23. The average molecular weight is 202 g/mol. The summed E-state index contributed by atoms with van der Waals surface area (Å²) in [7, 11) is 0. The van der Waals surface area contributed by atoms with E-state index in [0.29, 0.717) is 5.69 Å². The molecule has 0 aliphatic carbocycles. The summed E-state index contributed by atoms with van der Waals surface area (Å²) < 4.78 is 4.84. The highest BCUT2D eigenvalue weighted by Gasteiger charge is 2.10. The van der Waals surface area contributed by atoms with Gasteiger partial charge in [0.05, 0.1) is 5.69 Å². The standard InChI is InChI=1S/C11H10N2O2/c1-8-7-10(15-13-8)11(14)12-9-5-3-2-4-6-9/h2-7H,1H3,(H,12,14). The summed E-state index contributed by atoms with van der Waals surface area (Å²) in [6, 6.07) is 10.8. The first-order valence-corrected chi connectivity index (χ1v) is 4.55. The predicted molar refractivity (Wildman–Crippen MR) is 55.6 cm³/mol. The van der Waals surface area contributed by atoms with Crippen LogP contribution in [0.2, 0.25) is 0 Å². The molecule has 76 valence electrons. The van der Waals surface area contributed by atoms with Crippen molar-refractivity contribution >= 4 is 11.6 Å². The summed E-state index contributed by atoms with van der Waals surface area (Å²) in [5.41, 5.74) is 1.42. The van der Waals surface area contributed by atoms with E-state index >= 15 is 0 Å². The molecule has 0 saturated heterocycles. The molecule has 0 saturated carbocycles. The van der Waals surface area contributed by atoms with Crippen molar-refractivity contribution in [3.05, 3.63) is 47.9 Å². The van der Waals surface area contributed by atoms with Crippen molar-refractivity contribution in [1.82, 2.24) is 5.16 Å². The minimum absolute atomic E-state index is 0.219. The number of aryl methyl sites for hydroxylation is 1. The fraction of sp³-hybridized carbons (Fsp3) is 0.0909. The van der Waals surface area contributed by atoms with Gasteiger partial charge in [-0.2, -0.15) is 0 Å². The van der Waals surface area contributed by atoms with E-state index in [4.69, 9.17) is 4.52 Å². The zero-order valence-corrected chi connectivity index (χ0v) is 8.23. The van der Waals surface area contributed by atoms with Gasteiger partial charge in [-0.25, -0.2) is 0 Å². The van der Waals surface area contributed by atoms with E-state index in [2.05, 4.69) is 10.5 Å². The monoisotopic (exact) mass is 202 g/mol. The molecule has 1 heterocycles. The van der Waals surface area contributed by atoms with E-state index in [1.807, 2.05) is 18.2 Å². The second-order valence-electron chi connectivity index (χ2n) is 3.15. The van der Waals surface area contributed by atoms with Crippen LogP contribution in [0.3, 0.4) is 0 Å². The van der Waals surface area contributed by atoms with Crippen LogP contribution >= 0.6 is 0 Å². The Hall–Kier alpha value is -2.10. The van der Waals surface area contributed by atoms with Gasteiger partial charge < -0.3 is 9.84 Å². The van der Waals surface area contributed by atoms with Crippen molar-refractivity contribution in [1.29, 1.82) is 0 Å². The third-order valence-corrected chi connectivity index (χ3v) is 1.88. The Kier molecular flexibility index (Phi) is 2.49. The summed E-state index contributed by atoms with van der Waals surface area (Å²) in [6.45, 7) is 1.77. The molecule has 0 bridgehead atoms. The third kappa shape index (κ3) is 2.22. The van der Waals surface area contributed by atoms with Gasteiger partial charge in [-0.1, -0.05) is 23.4 Å². The largest absolute Gasteiger partial charge is 0.351 e. The number of rotatable bonds is 2. The molecule has 4 heteroatoms. The first-order chi connectivity index (χ1) is 7.25. The molecule has 0 radical (unpaired) electrons. The van der Waals surface area contributed by atoms with Crippen LogP contribution < -0.4 is 5.32 Å². The maximum Gasteiger partial charge on any atom is 0.294 e. The zero-order chi connectivity index (χ0) is 10.7. The molecule has 0 atom stereocenters. The van der Waals surface area contributed by atoms with Crippen molar-refractivity contribution in [3.63, 3.8) is 0 Å². The topological polar surface area (TPSA) is 55.1 Å². The van der Waals surface area contributed by atoms with Crippen LogP contribution in [0.25, 0.3) is 0 Å². The van der Waals surface area contributed by atoms with Crippen LogP contribution in [-0.2, 0) is 0 Å². The van der Waals surface area contributed by atoms with Gasteiger partial charge in [-0.05, 0) is 19.1 Å². The van der Waals surface area contributed by atoms with Crippen LogP contribution in [0, 0.1) is 6.92 Å². The first kappa shape index (κ1) is 9.45. The third-order valence-electron chi connectivity index (χ3n) is 1.88. The number of hydrogen-bond donors (Lipinski definition) is 1. The van der Waals surface area contributed by atoms with Crippen molar-refractivity contribution in [2.75, 3.05) is 5.32 Å². The second kappa shape index (κ2) is 3.96. The minimum atomic E-state index is -0.290. The van der Waals surface area contributed by atoms with E-state index in [1.54, 1.807) is 25.1 Å². The van der Waals surface area contributed by atoms with Gasteiger partial charge in [0, 0.05) is 11.8 Å². The van der Waals surface area contributed by atoms with Gasteiger partial charge in [0.25, 0.3) is 5.91 Å². The molecule has 1 amide bonds. The van der Waals surface area contributed by atoms with Gasteiger partial charge in [0.2, 0.25) is 5.76 Å². The SMILES string of the molecule is Cc1cc(C(=O)Nc2ccccc2)on1. The first-order valence-electron chi connectivity index (χ1n) is 4.55. The molecule has 15 heavy (non-hydrogen) atoms. The Morgan fingerprint density at radius 3 is 2.67 bits per heavy atom. The number of amides is 1. The molecular formula is C11H10N2O2. The molecule has 2 aromatic rings. The molecule has 1 N–H and O–H groups in total. The van der Waals surface area contributed by atoms with E-state index < -0.39 is 0 Å². The maximum atomic E-state index is 11.6. The maximum absolute atomic E-state index is 11.6. The lowest BCUT2D eigenvalue weighted by Crippen LogP contribution is -2.10. The summed E-state index contributed by atoms with van der Waals surface area (Å²) in [5.74, 6) is -0.0712. The Morgan fingerprint density at radius 1 is 1.33 bits per heavy atom. The number of aromatic nitrogens is 1. The molecule has 2 rings (SSSR count). The summed E-state index contributed by atoms with van der Waals surface area (Å²) in [4.78, 5) is 11.6. The fourth-order valence-corrected chi connectivity index (χ4v) is 1.18. The smallest absolute Gasteiger partial charge is 0.294 e. The lowest BCUT2D eigenvalue weighted by molar-refractivity contribution is 0.0988. The molecule has 0 fully saturated rings. The second-order valence-corrected chi connectivity index (χ2v) is 3.15. The van der Waals surface area contributed by atoms with Crippen LogP contribution in [0.5, 0.6) is 0 Å². The number of nitrogens with zero attached hydrogens (tertiary/aromatic N) is 1. The van der Waals surface area contributed by atoms with Gasteiger partial charge in [0.15, 0.2) is 0 Å². The average Bonchev–Trinajstić information content (AvgIpc) is 2.66. The van der Waals surface area contributed by atoms with Crippen LogP contribution in [-0.4, -0.2) is 11.1 Å². The van der Waals surface area contributed by atoms with Crippen LogP contribution in [0.4, 0.5) is 5.69 Å². The number of anilines is 1. The highest BCUT2D eigenvalue weighted by Crippen LogP contribution is 2.09. The van der Waals surface area contributed by atoms with Crippen LogP contribution in [0.1, 0.15) is 16.2 Å². The Bertz CT molecular complexity index is 462. The van der Waals surface area contributed by atoms with Gasteiger partial charge >= 0.3 is 0 Å². The number of hydrogen-bond acceptors (Lipinski definition) is 3. The number of carbonyl (C=O) groups excluding carboxylic acids is 1. The molecular weight excluding hydrogens is 192 g/mol. The molecule has 0 aliphatic heterocycles. The Balaban J connectivity index is 2.11. The minimum Gasteiger partial charge on any atom is -0.351 e. The van der Waals surface area contributed by atoms with Gasteiger partial charge in [-0.15, -0.1) is 0 Å². The predicted octanol–water partition coefficient (Wildman–Crippen LogP) is 2.24. The Labute approximate surface area is 86.9 Å². The number of para-hydroxylation sites is 1. The summed E-state index contributed by atoms with van der Waals surface area (Å²) in [6.07, 6.45) is 0. The highest BCUT2D eigenvalue weighted by atomic mass is 16.5. The van der Waals surface area contributed by atoms with E-state index in [-0.39, 0.29) is 11.7 Å². The number of carbonyl (C=O) groups is 1. The van der Waals surface area contributed by atoms with Crippen molar-refractivity contribution in [2.45, 2.75) is 6.92 Å². The van der Waals surface area contributed by atoms with Gasteiger partial charge in [-0.3, -0.25) is 4.79 Å². The van der Waals surface area contributed by atoms with Crippen molar-refractivity contribution in [3.8, 4) is 0 Å². The molecule has 0 unspecified atom stereocenters. The molecule has 1 aromatic heterocycles. The summed E-state index contributed by atoms with van der Waals surface area (Å²) in [5, 5.41) is 6.34. The summed E-state index contributed by atoms with van der Waals surface area (Å²) >= 11 is 0. The molecule has 0 spiro atoms. The lowest BCUT2D eigenvalue weighted by atomic mass is 10.3. The van der Waals surface area contributed by atoms with E-state index in [9.17, 15) is 4.79 Å². The molecule has 0 aliphatic rings. The van der Waals surface area contributed by atoms with E-state index in [0.717, 1.165) is 5.69 Å². The fourth-order valence-electron chi connectivity index (χ4n) is 1.18.